The van der Waals surface area contributed by atoms with Gasteiger partial charge in [0.2, 0.25) is 0 Å². The van der Waals surface area contributed by atoms with Crippen molar-refractivity contribution in [1.29, 1.82) is 0 Å². The lowest BCUT2D eigenvalue weighted by molar-refractivity contribution is -0.123. The monoisotopic (exact) mass is 419 g/mol. The minimum absolute atomic E-state index is 0.308. The first kappa shape index (κ1) is 19.8. The van der Waals surface area contributed by atoms with E-state index in [4.69, 9.17) is 4.74 Å². The van der Waals surface area contributed by atoms with Gasteiger partial charge in [0.1, 0.15) is 5.69 Å². The van der Waals surface area contributed by atoms with E-state index < -0.39 is 18.0 Å². The number of aromatic nitrogens is 2. The van der Waals surface area contributed by atoms with Crippen molar-refractivity contribution in [3.63, 3.8) is 0 Å². The quantitative estimate of drug-likeness (QED) is 0.429. The van der Waals surface area contributed by atoms with E-state index in [1.54, 1.807) is 6.07 Å². The molecule has 0 spiro atoms. The number of benzene rings is 2. The summed E-state index contributed by atoms with van der Waals surface area (Å²) in [7, 11) is 0. The molecule has 0 bridgehead atoms. The van der Waals surface area contributed by atoms with E-state index in [1.165, 1.54) is 23.8 Å². The number of H-pyrrole nitrogens is 1. The van der Waals surface area contributed by atoms with Crippen LogP contribution in [0.25, 0.3) is 22.2 Å². The van der Waals surface area contributed by atoms with Crippen molar-refractivity contribution in [3.05, 3.63) is 71.2 Å². The number of anilines is 1. The minimum atomic E-state index is -0.958. The van der Waals surface area contributed by atoms with Gasteiger partial charge in [0.25, 0.3) is 5.91 Å². The summed E-state index contributed by atoms with van der Waals surface area (Å²) in [6, 6.07) is 17.4. The Morgan fingerprint density at radius 1 is 1.17 bits per heavy atom. The van der Waals surface area contributed by atoms with E-state index in [1.807, 2.05) is 41.8 Å². The van der Waals surface area contributed by atoms with Crippen LogP contribution in [0.1, 0.15) is 29.9 Å². The average molecular weight is 420 g/mol. The molecule has 1 unspecified atom stereocenters. The molecule has 0 aliphatic heterocycles. The van der Waals surface area contributed by atoms with Crippen molar-refractivity contribution in [1.82, 2.24) is 9.97 Å². The number of carbonyl (C=O) groups excluding carboxylic acids is 2. The van der Waals surface area contributed by atoms with Gasteiger partial charge < -0.3 is 9.72 Å². The topological polar surface area (TPSA) is 84.1 Å². The predicted molar refractivity (Wildman–Crippen MR) is 119 cm³/mol. The number of amides is 1. The second kappa shape index (κ2) is 8.51. The summed E-state index contributed by atoms with van der Waals surface area (Å²) in [5.41, 5.74) is 4.18. The zero-order chi connectivity index (χ0) is 21.1. The number of nitrogens with zero attached hydrogens (tertiary/aromatic N) is 1. The molecule has 152 valence electrons. The average Bonchev–Trinajstić information content (AvgIpc) is 3.40. The molecule has 4 aromatic rings. The van der Waals surface area contributed by atoms with Crippen molar-refractivity contribution in [2.24, 2.45) is 0 Å². The molecular formula is C23H21N3O3S. The number of esters is 1. The summed E-state index contributed by atoms with van der Waals surface area (Å²) in [4.78, 5) is 32.3. The van der Waals surface area contributed by atoms with Crippen LogP contribution in [0.3, 0.4) is 0 Å². The van der Waals surface area contributed by atoms with Crippen molar-refractivity contribution in [3.8, 4) is 11.3 Å². The van der Waals surface area contributed by atoms with Gasteiger partial charge in [0.05, 0.1) is 5.69 Å². The van der Waals surface area contributed by atoms with E-state index in [-0.39, 0.29) is 0 Å². The Bertz CT molecular complexity index is 1160. The van der Waals surface area contributed by atoms with Crippen LogP contribution in [0.2, 0.25) is 0 Å². The number of aromatic amines is 1. The number of thiazole rings is 1. The third-order valence-corrected chi connectivity index (χ3v) is 5.55. The first-order valence-electron chi connectivity index (χ1n) is 9.68. The number of para-hydroxylation sites is 1. The second-order valence-corrected chi connectivity index (χ2v) is 7.75. The van der Waals surface area contributed by atoms with E-state index in [0.29, 0.717) is 10.8 Å². The molecule has 7 heteroatoms. The van der Waals surface area contributed by atoms with Crippen LogP contribution in [0.15, 0.2) is 60.0 Å². The Hall–Kier alpha value is -3.45. The van der Waals surface area contributed by atoms with E-state index in [0.717, 1.165) is 28.6 Å². The number of aryl methyl sites for hydroxylation is 1. The molecule has 0 saturated heterocycles. The fourth-order valence-electron chi connectivity index (χ4n) is 3.04. The molecule has 2 aromatic carbocycles. The highest BCUT2D eigenvalue weighted by molar-refractivity contribution is 7.14. The smallest absolute Gasteiger partial charge is 0.355 e. The van der Waals surface area contributed by atoms with Gasteiger partial charge in [0.15, 0.2) is 11.2 Å². The number of rotatable bonds is 6. The van der Waals surface area contributed by atoms with Gasteiger partial charge in [-0.2, -0.15) is 0 Å². The van der Waals surface area contributed by atoms with E-state index in [9.17, 15) is 9.59 Å². The van der Waals surface area contributed by atoms with Crippen LogP contribution < -0.4 is 5.32 Å². The summed E-state index contributed by atoms with van der Waals surface area (Å²) in [6.45, 7) is 3.64. The number of hydrogen-bond donors (Lipinski definition) is 2. The standard InChI is InChI=1S/C23H21N3O3S/c1-3-15-8-10-16(11-9-15)20-13-30-23(25-20)26-21(27)14(2)29-22(28)19-12-17-6-4-5-7-18(17)24-19/h4-14,24H,3H2,1-2H3,(H,25,26,27). The van der Waals surface area contributed by atoms with Crippen LogP contribution in [0.5, 0.6) is 0 Å². The van der Waals surface area contributed by atoms with E-state index in [2.05, 4.69) is 34.3 Å². The van der Waals surface area contributed by atoms with Gasteiger partial charge in [-0.3, -0.25) is 10.1 Å². The molecule has 0 fully saturated rings. The largest absolute Gasteiger partial charge is 0.448 e. The zero-order valence-electron chi connectivity index (χ0n) is 16.6. The van der Waals surface area contributed by atoms with Gasteiger partial charge >= 0.3 is 5.97 Å². The molecule has 2 heterocycles. The lowest BCUT2D eigenvalue weighted by Gasteiger charge is -2.11. The Morgan fingerprint density at radius 2 is 1.93 bits per heavy atom. The molecule has 2 aromatic heterocycles. The normalized spacial score (nSPS) is 11.9. The summed E-state index contributed by atoms with van der Waals surface area (Å²) < 4.78 is 5.31. The van der Waals surface area contributed by atoms with Crippen LogP contribution >= 0.6 is 11.3 Å². The summed E-state index contributed by atoms with van der Waals surface area (Å²) in [6.07, 6.45) is 0.0217. The maximum atomic E-state index is 12.4. The third kappa shape index (κ3) is 4.26. The molecule has 2 N–H and O–H groups in total. The highest BCUT2D eigenvalue weighted by Crippen LogP contribution is 2.25. The maximum absolute atomic E-state index is 12.4. The van der Waals surface area contributed by atoms with Gasteiger partial charge in [-0.15, -0.1) is 11.3 Å². The maximum Gasteiger partial charge on any atom is 0.355 e. The molecule has 6 nitrogen and oxygen atoms in total. The Labute approximate surface area is 177 Å². The van der Waals surface area contributed by atoms with E-state index >= 15 is 0 Å². The highest BCUT2D eigenvalue weighted by atomic mass is 32.1. The predicted octanol–water partition coefficient (Wildman–Crippen LogP) is 5.04. The molecule has 4 rings (SSSR count). The number of fused-ring (bicyclic) bond motifs is 1. The van der Waals surface area contributed by atoms with Gasteiger partial charge in [-0.1, -0.05) is 49.4 Å². The van der Waals surface area contributed by atoms with Crippen molar-refractivity contribution >= 4 is 39.2 Å². The number of ether oxygens (including phenoxy) is 1. The first-order valence-corrected chi connectivity index (χ1v) is 10.6. The number of carbonyl (C=O) groups is 2. The van der Waals surface area contributed by atoms with Crippen LogP contribution in [0, 0.1) is 0 Å². The van der Waals surface area contributed by atoms with Gasteiger partial charge in [0, 0.05) is 21.8 Å². The number of hydrogen-bond acceptors (Lipinski definition) is 5. The van der Waals surface area contributed by atoms with Crippen LogP contribution in [0.4, 0.5) is 5.13 Å². The Kier molecular flexibility index (Phi) is 5.63. The third-order valence-electron chi connectivity index (χ3n) is 4.80. The summed E-state index contributed by atoms with van der Waals surface area (Å²) in [5, 5.41) is 5.97. The molecule has 1 atom stereocenters. The van der Waals surface area contributed by atoms with Crippen molar-refractivity contribution in [2.45, 2.75) is 26.4 Å². The summed E-state index contributed by atoms with van der Waals surface area (Å²) in [5.74, 6) is -1.01. The molecular weight excluding hydrogens is 398 g/mol. The fourth-order valence-corrected chi connectivity index (χ4v) is 3.77. The minimum Gasteiger partial charge on any atom is -0.448 e. The lowest BCUT2D eigenvalue weighted by Crippen LogP contribution is -2.30. The van der Waals surface area contributed by atoms with Gasteiger partial charge in [-0.25, -0.2) is 9.78 Å². The molecule has 0 aliphatic carbocycles. The molecule has 0 aliphatic rings. The zero-order valence-corrected chi connectivity index (χ0v) is 17.5. The van der Waals surface area contributed by atoms with Crippen LogP contribution in [-0.2, 0) is 16.0 Å². The summed E-state index contributed by atoms with van der Waals surface area (Å²) >= 11 is 1.33. The Balaban J connectivity index is 1.38. The molecule has 1 amide bonds. The molecule has 0 saturated carbocycles. The van der Waals surface area contributed by atoms with Gasteiger partial charge in [-0.05, 0) is 31.0 Å². The second-order valence-electron chi connectivity index (χ2n) is 6.90. The lowest BCUT2D eigenvalue weighted by atomic mass is 10.1. The highest BCUT2D eigenvalue weighted by Gasteiger charge is 2.21. The first-order chi connectivity index (χ1) is 14.5. The van der Waals surface area contributed by atoms with Crippen molar-refractivity contribution in [2.75, 3.05) is 5.32 Å². The van der Waals surface area contributed by atoms with Crippen LogP contribution in [-0.4, -0.2) is 27.9 Å². The van der Waals surface area contributed by atoms with Crippen molar-refractivity contribution < 1.29 is 14.3 Å². The SMILES string of the molecule is CCc1ccc(-c2csc(NC(=O)C(C)OC(=O)c3cc4ccccc4[nH]3)n2)cc1. The fraction of sp³-hybridized carbons (Fsp3) is 0.174. The Morgan fingerprint density at radius 3 is 2.67 bits per heavy atom. The molecule has 30 heavy (non-hydrogen) atoms. The number of nitrogens with one attached hydrogen (secondary N) is 2. The molecule has 0 radical (unpaired) electrons.